The molecule has 25 heteroatoms. The van der Waals surface area contributed by atoms with Crippen molar-refractivity contribution in [2.45, 2.75) is 308 Å². The van der Waals surface area contributed by atoms with Crippen LogP contribution in [0, 0.1) is 31.6 Å². The number of aromatic nitrogens is 3. The van der Waals surface area contributed by atoms with E-state index in [2.05, 4.69) is 121 Å². The van der Waals surface area contributed by atoms with E-state index < -0.39 is 93.7 Å². The van der Waals surface area contributed by atoms with Crippen LogP contribution in [-0.4, -0.2) is 167 Å². The molecular formula is C82H126Br2ClN9O8S3Sn2. The van der Waals surface area contributed by atoms with Crippen LogP contribution in [0.3, 0.4) is 0 Å². The molecule has 0 saturated carbocycles. The largest absolute Gasteiger partial charge is 0.249 e. The van der Waals surface area contributed by atoms with Crippen molar-refractivity contribution in [3.8, 4) is 10.4 Å². The van der Waals surface area contributed by atoms with Crippen molar-refractivity contribution in [2.75, 3.05) is 13.1 Å². The third-order valence-electron chi connectivity index (χ3n) is 21.2. The monoisotopic (exact) mass is 1890 g/mol. The normalized spacial score (nSPS) is 20.7. The van der Waals surface area contributed by atoms with Crippen molar-refractivity contribution in [3.63, 3.8) is 0 Å². The first-order chi connectivity index (χ1) is 50.3. The third kappa shape index (κ3) is 26.9. The van der Waals surface area contributed by atoms with Gasteiger partial charge >= 0.3 is 227 Å². The number of β-amino-alcohol motifs (C(OH)–C–C–N with tert-alkyl or cyclic N) is 2. The number of benzene rings is 2. The van der Waals surface area contributed by atoms with Gasteiger partial charge in [-0.05, 0) is 83.3 Å². The van der Waals surface area contributed by atoms with Crippen molar-refractivity contribution in [3.05, 3.63) is 102 Å². The number of aryl methyl sites for hydroxylation is 3. The zero-order chi connectivity index (χ0) is 79.8. The van der Waals surface area contributed by atoms with Crippen LogP contribution in [0.2, 0.25) is 26.6 Å². The van der Waals surface area contributed by atoms with Gasteiger partial charge in [0.05, 0.1) is 66.2 Å². The van der Waals surface area contributed by atoms with E-state index in [-0.39, 0.29) is 48.5 Å². The fourth-order valence-electron chi connectivity index (χ4n) is 14.7. The van der Waals surface area contributed by atoms with Gasteiger partial charge < -0.3 is 30.6 Å². The van der Waals surface area contributed by atoms with Gasteiger partial charge in [-0.2, -0.15) is 0 Å². The summed E-state index contributed by atoms with van der Waals surface area (Å²) in [6.07, 6.45) is 16.5. The number of rotatable bonds is 28. The molecule has 4 unspecified atom stereocenters. The molecule has 6 amide bonds. The van der Waals surface area contributed by atoms with Crippen LogP contribution in [0.4, 0.5) is 0 Å². The van der Waals surface area contributed by atoms with Crippen LogP contribution >= 0.6 is 74.8 Å². The number of nitrogens with zero attached hydrogens (tertiary/aromatic N) is 7. The summed E-state index contributed by atoms with van der Waals surface area (Å²) < 4.78 is 12.8. The number of aliphatic hydroxyl groups excluding tert-OH is 2. The van der Waals surface area contributed by atoms with Crippen LogP contribution in [0.15, 0.2) is 83.3 Å². The Bertz CT molecular complexity index is 3690. The zero-order valence-corrected chi connectivity index (χ0v) is 79.7. The summed E-state index contributed by atoms with van der Waals surface area (Å²) in [5, 5.41) is 26.4. The second-order valence-corrected chi connectivity index (χ2v) is 67.6. The van der Waals surface area contributed by atoms with Gasteiger partial charge in [0.15, 0.2) is 0 Å². The predicted molar refractivity (Wildman–Crippen MR) is 458 cm³/mol. The van der Waals surface area contributed by atoms with Crippen molar-refractivity contribution in [1.29, 1.82) is 0 Å². The number of aliphatic imine (C=N–C) groups is 2. The van der Waals surface area contributed by atoms with Gasteiger partial charge in [0, 0.05) is 68.5 Å². The molecule has 9 rings (SSSR count). The fraction of sp³-hybridized carbons (Fsp3) is 0.646. The molecule has 8 atom stereocenters. The van der Waals surface area contributed by atoms with E-state index >= 15 is 0 Å². The minimum Gasteiger partial charge on any atom is -0.249 e. The number of halogens is 3. The molecule has 4 N–H and O–H groups in total. The molecule has 0 spiro atoms. The van der Waals surface area contributed by atoms with Crippen LogP contribution in [-0.2, 0) is 39.6 Å². The average Bonchev–Trinajstić information content (AvgIpc) is 1.62. The maximum Gasteiger partial charge on any atom is 0.0926 e. The van der Waals surface area contributed by atoms with E-state index in [1.807, 2.05) is 140 Å². The van der Waals surface area contributed by atoms with E-state index in [0.29, 0.717) is 37.1 Å². The number of aliphatic hydroxyl groups is 2. The van der Waals surface area contributed by atoms with Gasteiger partial charge in [0.1, 0.15) is 12.1 Å². The van der Waals surface area contributed by atoms with E-state index in [1.165, 1.54) is 110 Å². The molecule has 3 aromatic heterocycles. The van der Waals surface area contributed by atoms with Crippen LogP contribution in [0.5, 0.6) is 0 Å². The summed E-state index contributed by atoms with van der Waals surface area (Å²) in [6.45, 7) is 38.2. The first kappa shape index (κ1) is 94.3. The smallest absolute Gasteiger partial charge is 0.0926 e. The van der Waals surface area contributed by atoms with Gasteiger partial charge in [-0.25, -0.2) is 20.0 Å². The molecule has 0 radical (unpaired) electrons. The Labute approximate surface area is 681 Å². The third-order valence-corrected chi connectivity index (χ3v) is 58.7. The number of thiazole rings is 3. The number of hydrogen-bond donors (Lipinski definition) is 4. The molecule has 0 bridgehead atoms. The van der Waals surface area contributed by atoms with Crippen LogP contribution < -0.4 is 13.5 Å². The zero-order valence-electron chi connectivity index (χ0n) is 67.6. The average molecular weight is 1890 g/mol. The van der Waals surface area contributed by atoms with Crippen LogP contribution in [0.1, 0.15) is 242 Å². The Morgan fingerprint density at radius 1 is 0.561 bits per heavy atom. The molecule has 2 fully saturated rings. The van der Waals surface area contributed by atoms with Crippen molar-refractivity contribution in [1.82, 2.24) is 35.4 Å². The Kier molecular flexibility index (Phi) is 38.6. The summed E-state index contributed by atoms with van der Waals surface area (Å²) in [4.78, 5) is 103. The second-order valence-electron chi connectivity index (χ2n) is 32.5. The molecule has 17 nitrogen and oxygen atoms in total. The van der Waals surface area contributed by atoms with Gasteiger partial charge in [-0.3, -0.25) is 28.8 Å². The topological polar surface area (TPSA) is 237 Å². The number of unbranched alkanes of at least 4 members (excludes halogenated alkanes) is 6. The minimum absolute atomic E-state index is 0.141. The van der Waals surface area contributed by atoms with Crippen LogP contribution in [0.25, 0.3) is 10.4 Å². The molecule has 5 aromatic rings. The number of hydrogen-bond acceptors (Lipinski definition) is 14. The Balaban J connectivity index is 0.000000261. The Morgan fingerprint density at radius 3 is 1.22 bits per heavy atom. The molecule has 4 aliphatic rings. The fourth-order valence-corrected chi connectivity index (χ4v) is 50.6. The second kappa shape index (κ2) is 43.8. The number of carbonyl (C=O) groups is 6. The molecular weight excluding hydrogens is 1770 g/mol. The SMILES string of the molecule is CC(=O)N[C@H](C(=O)N1C[C@H](O)CC1C1=NC(=O)C(C)(c2ccc(-c3scnc3C)cc2)C1)C(C)(C)C.CC(=O)N[C@H](C(=O)N1C[C@H](O)CC1C1=NC(=O)C(C)(c2ccc(Br)cc2)C1)C(C)(C)C.CCC[CH2][Sn]([CH2]CCC)([CH2]CCC)[c]1scnc1C.CCC[CH2][Sn]([Cl])([CH2]CCC)[CH2]CCC.Cc1ncsc1Br. The number of amides is 6. The molecule has 107 heavy (non-hydrogen) atoms. The molecule has 0 aliphatic carbocycles. The molecule has 594 valence electrons. The molecule has 4 aliphatic heterocycles. The summed E-state index contributed by atoms with van der Waals surface area (Å²) in [6, 6.07) is 13.1. The minimum atomic E-state index is -2.14. The molecule has 2 aromatic carbocycles. The summed E-state index contributed by atoms with van der Waals surface area (Å²) >= 11 is 7.69. The van der Waals surface area contributed by atoms with Crippen molar-refractivity contribution in [2.24, 2.45) is 20.8 Å². The number of carbonyl (C=O) groups excluding carboxylic acids is 6. The quantitative estimate of drug-likeness (QED) is 0.0344. The first-order valence-electron chi connectivity index (χ1n) is 39.0. The van der Waals surface area contributed by atoms with E-state index in [4.69, 9.17) is 8.92 Å². The first-order valence-corrected chi connectivity index (χ1v) is 60.4. The summed E-state index contributed by atoms with van der Waals surface area (Å²) in [7, 11) is 6.89. The van der Waals surface area contributed by atoms with E-state index in [0.717, 1.165) is 41.2 Å². The molecule has 7 heterocycles. The summed E-state index contributed by atoms with van der Waals surface area (Å²) in [5.74, 6) is -1.61. The Hall–Kier alpha value is -3.34. The van der Waals surface area contributed by atoms with Gasteiger partial charge in [0.25, 0.3) is 11.8 Å². The maximum absolute atomic E-state index is 13.6. The Morgan fingerprint density at radius 2 is 0.916 bits per heavy atom. The van der Waals surface area contributed by atoms with Gasteiger partial charge in [-0.1, -0.05) is 93.9 Å². The van der Waals surface area contributed by atoms with Gasteiger partial charge in [-0.15, -0.1) is 22.7 Å². The number of nitrogens with one attached hydrogen (secondary N) is 2. The maximum atomic E-state index is 13.6. The summed E-state index contributed by atoms with van der Waals surface area (Å²) in [5.41, 5.74) is 10.4. The van der Waals surface area contributed by atoms with Crippen molar-refractivity contribution < 1.29 is 39.0 Å². The van der Waals surface area contributed by atoms with Gasteiger partial charge in [0.2, 0.25) is 23.6 Å². The van der Waals surface area contributed by atoms with E-state index in [1.54, 1.807) is 48.7 Å². The predicted octanol–water partition coefficient (Wildman–Crippen LogP) is 19.1. The van der Waals surface area contributed by atoms with E-state index in [9.17, 15) is 39.0 Å². The molecule has 2 saturated heterocycles. The number of likely N-dealkylation sites (tertiary alicyclic amines) is 2. The standard InChI is InChI=1S/C27H34N4O4S.C23H30BrN3O4.C4H4BrNS.C4H4NS.6C4H9.ClH.2Sn/c1-15-22(36-14-28-15)17-7-9-18(10-8-17)27(6)12-20(30-25(27)35)21-11-19(33)13-31(21)24(34)23(26(3,4)5)29-16(2)32;1-13(28)25-19(22(2,3)4)20(30)27-12-16(29)10-18(27)17-11-23(5,21(31)26-17)14-6-8-15(24)9-7-14;1-3-4(5)7-2-6-3;1-4-2-6-3-5-4;6*1-3-4-2;;;/h7-10,14,19,21,23,33H,11-13H2,1-6H3,(H,29,32);6-9,16,18-19,29H,10-12H2,1-5H3,(H,25,28);2H,1H3;3H,1H3;6*1,3-4H2,2H3;1H;;/q;;;;;;;;;;;;+1/p-1/t19-,21?,23-,27?;16-,18?,19-,23?;;;;;;;;;;;/m11.........../s1. The van der Waals surface area contributed by atoms with Crippen molar-refractivity contribution >= 4 is 160 Å².